The smallest absolute Gasteiger partial charge is 0.106 e. The van der Waals surface area contributed by atoms with Gasteiger partial charge in [-0.2, -0.15) is 0 Å². The van der Waals surface area contributed by atoms with Gasteiger partial charge in [0.1, 0.15) is 5.76 Å². The van der Waals surface area contributed by atoms with Gasteiger partial charge in [-0.15, -0.1) is 0 Å². The first kappa shape index (κ1) is 7.79. The summed E-state index contributed by atoms with van der Waals surface area (Å²) in [6.45, 7) is 5.43. The first-order valence-electron chi connectivity index (χ1n) is 2.31. The predicted molar refractivity (Wildman–Crippen MR) is 34.6 cm³/mol. The minimum absolute atomic E-state index is 0.0154. The maximum atomic E-state index is 5.23. The molecule has 3 heteroatoms. The Bertz CT molecular complexity index is 84.5. The molecular formula is C5H10ClNO. The third-order valence-electron chi connectivity index (χ3n) is 0.909. The molecule has 0 bridgehead atoms. The Hall–Kier alpha value is -0.210. The van der Waals surface area contributed by atoms with Crippen molar-refractivity contribution < 1.29 is 4.74 Å². The molecule has 0 aliphatic rings. The van der Waals surface area contributed by atoms with Gasteiger partial charge >= 0.3 is 0 Å². The van der Waals surface area contributed by atoms with E-state index in [1.165, 1.54) is 0 Å². The molecule has 0 saturated heterocycles. The molecule has 0 fully saturated rings. The fourth-order valence-corrected chi connectivity index (χ4v) is 0.359. The van der Waals surface area contributed by atoms with Crippen molar-refractivity contribution in [3.8, 4) is 0 Å². The highest BCUT2D eigenvalue weighted by Gasteiger charge is 2.01. The van der Waals surface area contributed by atoms with Crippen molar-refractivity contribution in [2.45, 2.75) is 13.0 Å². The largest absolute Gasteiger partial charge is 0.500 e. The van der Waals surface area contributed by atoms with Crippen molar-refractivity contribution >= 4 is 11.8 Å². The lowest BCUT2D eigenvalue weighted by atomic mass is 10.3. The molecule has 0 amide bonds. The second-order valence-corrected chi connectivity index (χ2v) is 1.72. The standard InChI is InChI=1S/C5H10ClNO/c1-4(7-6)5(2)8-3/h4,7H,2H2,1,3H3/t4-/m1/s1. The second-order valence-electron chi connectivity index (χ2n) is 1.50. The van der Waals surface area contributed by atoms with Crippen LogP contribution in [0, 0.1) is 0 Å². The van der Waals surface area contributed by atoms with Crippen molar-refractivity contribution in [1.82, 2.24) is 4.84 Å². The summed E-state index contributed by atoms with van der Waals surface area (Å²) in [7, 11) is 1.56. The van der Waals surface area contributed by atoms with Crippen LogP contribution < -0.4 is 4.84 Å². The zero-order chi connectivity index (χ0) is 6.57. The molecule has 8 heavy (non-hydrogen) atoms. The van der Waals surface area contributed by atoms with E-state index in [1.807, 2.05) is 6.92 Å². The van der Waals surface area contributed by atoms with Crippen molar-refractivity contribution in [1.29, 1.82) is 0 Å². The van der Waals surface area contributed by atoms with Crippen LogP contribution in [-0.4, -0.2) is 13.2 Å². The van der Waals surface area contributed by atoms with E-state index < -0.39 is 0 Å². The van der Waals surface area contributed by atoms with Crippen LogP contribution in [0.2, 0.25) is 0 Å². The molecule has 0 aliphatic carbocycles. The summed E-state index contributed by atoms with van der Waals surface area (Å²) in [5.74, 6) is 0.639. The van der Waals surface area contributed by atoms with Gasteiger partial charge in [0.2, 0.25) is 0 Å². The highest BCUT2D eigenvalue weighted by Crippen LogP contribution is 1.97. The van der Waals surface area contributed by atoms with E-state index in [4.69, 9.17) is 16.5 Å². The van der Waals surface area contributed by atoms with Gasteiger partial charge in [0.05, 0.1) is 13.2 Å². The molecule has 0 saturated carbocycles. The number of nitrogens with one attached hydrogen (secondary N) is 1. The van der Waals surface area contributed by atoms with Crippen LogP contribution in [0.3, 0.4) is 0 Å². The average Bonchev–Trinajstić information content (AvgIpc) is 1.84. The van der Waals surface area contributed by atoms with Crippen molar-refractivity contribution in [2.24, 2.45) is 0 Å². The van der Waals surface area contributed by atoms with Crippen LogP contribution in [-0.2, 0) is 4.74 Å². The summed E-state index contributed by atoms with van der Waals surface area (Å²) >= 11 is 5.23. The fourth-order valence-electron chi connectivity index (χ4n) is 0.238. The number of halogens is 1. The molecule has 48 valence electrons. The van der Waals surface area contributed by atoms with E-state index in [0.29, 0.717) is 5.76 Å². The number of hydrogen-bond donors (Lipinski definition) is 1. The maximum Gasteiger partial charge on any atom is 0.106 e. The van der Waals surface area contributed by atoms with Gasteiger partial charge < -0.3 is 4.74 Å². The van der Waals surface area contributed by atoms with E-state index in [2.05, 4.69) is 11.4 Å². The van der Waals surface area contributed by atoms with E-state index in [-0.39, 0.29) is 6.04 Å². The molecule has 0 heterocycles. The Balaban J connectivity index is 3.46. The number of hydrogen-bond acceptors (Lipinski definition) is 2. The molecule has 1 N–H and O–H groups in total. The molecule has 0 aromatic rings. The number of methoxy groups -OCH3 is 1. The SMILES string of the molecule is C=C(OC)[C@@H](C)NCl. The van der Waals surface area contributed by atoms with Crippen molar-refractivity contribution in [3.05, 3.63) is 12.3 Å². The molecule has 0 radical (unpaired) electrons. The van der Waals surface area contributed by atoms with Gasteiger partial charge in [-0.3, -0.25) is 0 Å². The Labute approximate surface area is 54.6 Å². The molecule has 0 aromatic carbocycles. The van der Waals surface area contributed by atoms with Crippen LogP contribution in [0.25, 0.3) is 0 Å². The predicted octanol–water partition coefficient (Wildman–Crippen LogP) is 1.28. The maximum absolute atomic E-state index is 5.23. The summed E-state index contributed by atoms with van der Waals surface area (Å²) in [6.07, 6.45) is 0. The van der Waals surface area contributed by atoms with Crippen LogP contribution >= 0.6 is 11.8 Å². The van der Waals surface area contributed by atoms with Crippen LogP contribution in [0.1, 0.15) is 6.92 Å². The lowest BCUT2D eigenvalue weighted by Crippen LogP contribution is -2.18. The second kappa shape index (κ2) is 3.75. The number of rotatable bonds is 3. The summed E-state index contributed by atoms with van der Waals surface area (Å²) in [4.78, 5) is 2.46. The van der Waals surface area contributed by atoms with Crippen molar-refractivity contribution in [2.75, 3.05) is 7.11 Å². The molecule has 0 unspecified atom stereocenters. The Morgan fingerprint density at radius 2 is 2.38 bits per heavy atom. The van der Waals surface area contributed by atoms with Gasteiger partial charge in [-0.1, -0.05) is 6.58 Å². The van der Waals surface area contributed by atoms with Gasteiger partial charge in [-0.25, -0.2) is 4.84 Å². The van der Waals surface area contributed by atoms with Gasteiger partial charge in [0, 0.05) is 0 Å². The molecule has 0 aliphatic heterocycles. The fraction of sp³-hybridized carbons (Fsp3) is 0.600. The van der Waals surface area contributed by atoms with Crippen LogP contribution in [0.4, 0.5) is 0 Å². The molecule has 0 aromatic heterocycles. The van der Waals surface area contributed by atoms with E-state index in [9.17, 15) is 0 Å². The van der Waals surface area contributed by atoms with Crippen LogP contribution in [0.15, 0.2) is 12.3 Å². The third-order valence-corrected chi connectivity index (χ3v) is 1.24. The van der Waals surface area contributed by atoms with Crippen LogP contribution in [0.5, 0.6) is 0 Å². The minimum atomic E-state index is 0.0154. The highest BCUT2D eigenvalue weighted by atomic mass is 35.5. The summed E-state index contributed by atoms with van der Waals surface area (Å²) in [5, 5.41) is 0. The lowest BCUT2D eigenvalue weighted by molar-refractivity contribution is 0.266. The molecule has 0 rings (SSSR count). The van der Waals surface area contributed by atoms with Gasteiger partial charge in [0.25, 0.3) is 0 Å². The van der Waals surface area contributed by atoms with Gasteiger partial charge in [0.15, 0.2) is 0 Å². The van der Waals surface area contributed by atoms with E-state index >= 15 is 0 Å². The topological polar surface area (TPSA) is 21.3 Å². The Morgan fingerprint density at radius 3 is 2.50 bits per heavy atom. The minimum Gasteiger partial charge on any atom is -0.500 e. The molecule has 1 atom stereocenters. The summed E-state index contributed by atoms with van der Waals surface area (Å²) in [5.41, 5.74) is 0. The third kappa shape index (κ3) is 2.19. The van der Waals surface area contributed by atoms with Crippen molar-refractivity contribution in [3.63, 3.8) is 0 Å². The Kier molecular flexibility index (Phi) is 3.65. The molecular weight excluding hydrogens is 126 g/mol. The first-order chi connectivity index (χ1) is 3.72. The quantitative estimate of drug-likeness (QED) is 0.465. The van der Waals surface area contributed by atoms with E-state index in [1.54, 1.807) is 7.11 Å². The van der Waals surface area contributed by atoms with Gasteiger partial charge in [-0.05, 0) is 18.7 Å². The van der Waals surface area contributed by atoms with E-state index in [0.717, 1.165) is 0 Å². The number of ether oxygens (including phenoxy) is 1. The molecule has 0 spiro atoms. The zero-order valence-corrected chi connectivity index (χ0v) is 5.83. The zero-order valence-electron chi connectivity index (χ0n) is 5.07. The lowest BCUT2D eigenvalue weighted by Gasteiger charge is -2.09. The first-order valence-corrected chi connectivity index (χ1v) is 2.69. The normalized spacial score (nSPS) is 12.9. The Morgan fingerprint density at radius 1 is 1.88 bits per heavy atom. The summed E-state index contributed by atoms with van der Waals surface area (Å²) in [6, 6.07) is 0.0154. The summed E-state index contributed by atoms with van der Waals surface area (Å²) < 4.78 is 4.76. The monoisotopic (exact) mass is 135 g/mol. The highest BCUT2D eigenvalue weighted by molar-refractivity contribution is 6.13. The molecule has 2 nitrogen and oxygen atoms in total. The average molecular weight is 136 g/mol.